The van der Waals surface area contributed by atoms with E-state index in [-0.39, 0.29) is 51.3 Å². The second-order valence-corrected chi connectivity index (χ2v) is 8.49. The summed E-state index contributed by atoms with van der Waals surface area (Å²) in [5.74, 6) is -2.19. The number of aliphatic hydroxyl groups is 1. The first-order chi connectivity index (χ1) is 17.3. The number of hydrogen-bond acceptors (Lipinski definition) is 6. The van der Waals surface area contributed by atoms with Crippen LogP contribution in [-0.4, -0.2) is 92.8 Å². The van der Waals surface area contributed by atoms with Gasteiger partial charge in [-0.1, -0.05) is 30.3 Å². The van der Waals surface area contributed by atoms with Crippen molar-refractivity contribution < 1.29 is 34.5 Å². The Bertz CT molecular complexity index is 1090. The number of aliphatic carboxylic acids is 1. The van der Waals surface area contributed by atoms with E-state index >= 15 is 0 Å². The van der Waals surface area contributed by atoms with E-state index in [1.54, 1.807) is 6.07 Å². The Morgan fingerprint density at radius 3 is 2.25 bits per heavy atom. The minimum Gasteiger partial charge on any atom is -0.481 e. The summed E-state index contributed by atoms with van der Waals surface area (Å²) in [5.41, 5.74) is 2.23. The van der Waals surface area contributed by atoms with E-state index in [0.29, 0.717) is 18.5 Å². The summed E-state index contributed by atoms with van der Waals surface area (Å²) >= 11 is 0. The molecule has 11 nitrogen and oxygen atoms in total. The molecule has 0 saturated carbocycles. The number of aryl methyl sites for hydroxylation is 1. The molecule has 1 aromatic heterocycles. The van der Waals surface area contributed by atoms with Gasteiger partial charge in [0, 0.05) is 44.8 Å². The van der Waals surface area contributed by atoms with E-state index in [1.807, 2.05) is 36.4 Å². The summed E-state index contributed by atoms with van der Waals surface area (Å²) in [4.78, 5) is 55.8. The first kappa shape index (κ1) is 26.6. The number of carbonyl (C=O) groups excluding carboxylic acids is 2. The number of rotatable bonds is 10. The van der Waals surface area contributed by atoms with Gasteiger partial charge in [0.2, 0.25) is 5.91 Å². The van der Waals surface area contributed by atoms with Crippen LogP contribution in [0.3, 0.4) is 0 Å². The monoisotopic (exact) mass is 498 g/mol. The van der Waals surface area contributed by atoms with E-state index in [1.165, 1.54) is 9.80 Å². The molecule has 1 atom stereocenters. The Labute approximate surface area is 208 Å². The Balaban J connectivity index is 1.82. The largest absolute Gasteiger partial charge is 0.481 e. The van der Waals surface area contributed by atoms with Crippen molar-refractivity contribution in [2.75, 3.05) is 32.8 Å². The lowest BCUT2D eigenvalue weighted by molar-refractivity contribution is -0.138. The Hall–Kier alpha value is -3.99. The molecule has 4 N–H and O–H groups in total. The average molecular weight is 499 g/mol. The lowest BCUT2D eigenvalue weighted by Gasteiger charge is -2.35. The van der Waals surface area contributed by atoms with Crippen molar-refractivity contribution in [1.29, 1.82) is 0 Å². The van der Waals surface area contributed by atoms with Gasteiger partial charge in [0.25, 0.3) is 5.91 Å². The number of carboxylic acid groups (broad SMARTS) is 2. The molecule has 1 saturated heterocycles. The molecule has 1 fully saturated rings. The van der Waals surface area contributed by atoms with E-state index in [4.69, 9.17) is 10.2 Å². The van der Waals surface area contributed by atoms with Crippen molar-refractivity contribution in [3.63, 3.8) is 0 Å². The van der Waals surface area contributed by atoms with Crippen molar-refractivity contribution in [3.8, 4) is 11.3 Å². The Morgan fingerprint density at radius 2 is 1.64 bits per heavy atom. The fourth-order valence-corrected chi connectivity index (χ4v) is 3.98. The van der Waals surface area contributed by atoms with Gasteiger partial charge in [-0.2, -0.15) is 0 Å². The minimum absolute atomic E-state index is 0.00850. The lowest BCUT2D eigenvalue weighted by atomic mass is 10.0. The molecule has 192 valence electrons. The van der Waals surface area contributed by atoms with Crippen LogP contribution >= 0.6 is 0 Å². The first-order valence-electron chi connectivity index (χ1n) is 11.7. The molecule has 1 aliphatic rings. The molecule has 0 bridgehead atoms. The highest BCUT2D eigenvalue weighted by atomic mass is 16.4. The van der Waals surface area contributed by atoms with Gasteiger partial charge in [-0.15, -0.1) is 0 Å². The number of nitrogens with zero attached hydrogens (tertiary/aromatic N) is 3. The minimum atomic E-state index is -1.10. The summed E-state index contributed by atoms with van der Waals surface area (Å²) < 4.78 is 0. The summed E-state index contributed by atoms with van der Waals surface area (Å²) in [6.45, 7) is 0.561. The van der Waals surface area contributed by atoms with Crippen LogP contribution in [0.2, 0.25) is 0 Å². The molecule has 1 aromatic carbocycles. The molecule has 1 aliphatic heterocycles. The molecule has 0 unspecified atom stereocenters. The molecular formula is C25H30N4O7. The SMILES string of the molecule is O=C(O)CC[C@H](NC(=O)c1cc(CCCO)cc(-c2ccccc2)n1)C(=O)N1CCN(C(=O)O)CC1. The summed E-state index contributed by atoms with van der Waals surface area (Å²) in [6.07, 6.45) is -0.491. The second kappa shape index (κ2) is 12.6. The van der Waals surface area contributed by atoms with Crippen LogP contribution in [0.15, 0.2) is 42.5 Å². The van der Waals surface area contributed by atoms with Crippen LogP contribution in [0, 0.1) is 0 Å². The molecule has 2 aromatic rings. The maximum atomic E-state index is 13.2. The van der Waals surface area contributed by atoms with Crippen LogP contribution in [-0.2, 0) is 16.0 Å². The van der Waals surface area contributed by atoms with Gasteiger partial charge in [0.15, 0.2) is 0 Å². The lowest BCUT2D eigenvalue weighted by Crippen LogP contribution is -2.55. The van der Waals surface area contributed by atoms with Crippen LogP contribution in [0.5, 0.6) is 0 Å². The number of hydrogen-bond donors (Lipinski definition) is 4. The van der Waals surface area contributed by atoms with Crippen LogP contribution in [0.4, 0.5) is 4.79 Å². The first-order valence-corrected chi connectivity index (χ1v) is 11.7. The maximum absolute atomic E-state index is 13.2. The van der Waals surface area contributed by atoms with Gasteiger partial charge >= 0.3 is 12.1 Å². The third kappa shape index (κ3) is 7.25. The molecule has 11 heteroatoms. The normalized spacial score (nSPS) is 14.2. The molecule has 3 amide bonds. The van der Waals surface area contributed by atoms with Crippen molar-refractivity contribution in [2.45, 2.75) is 31.7 Å². The van der Waals surface area contributed by atoms with E-state index in [2.05, 4.69) is 10.3 Å². The van der Waals surface area contributed by atoms with Crippen molar-refractivity contribution in [2.24, 2.45) is 0 Å². The standard InChI is InChI=1S/C25H30N4O7/c30-14-4-5-17-15-20(18-6-2-1-3-7-18)26-21(16-17)23(33)27-19(8-9-22(31)32)24(34)28-10-12-29(13-11-28)25(35)36/h1-3,6-7,15-16,19,30H,4-5,8-14H2,(H,27,33)(H,31,32)(H,35,36)/t19-/m0/s1. The molecule has 36 heavy (non-hydrogen) atoms. The van der Waals surface area contributed by atoms with Gasteiger partial charge < -0.3 is 30.4 Å². The van der Waals surface area contributed by atoms with Crippen molar-refractivity contribution in [3.05, 3.63) is 53.7 Å². The highest BCUT2D eigenvalue weighted by molar-refractivity contribution is 5.97. The topological polar surface area (TPSA) is 160 Å². The zero-order chi connectivity index (χ0) is 26.1. The number of aromatic nitrogens is 1. The number of aliphatic hydroxyl groups excluding tert-OH is 1. The van der Waals surface area contributed by atoms with Crippen LogP contribution in [0.1, 0.15) is 35.3 Å². The fourth-order valence-electron chi connectivity index (χ4n) is 3.98. The van der Waals surface area contributed by atoms with Gasteiger partial charge in [-0.3, -0.25) is 14.4 Å². The number of amides is 3. The molecular weight excluding hydrogens is 468 g/mol. The molecule has 3 rings (SSSR count). The highest BCUT2D eigenvalue weighted by Gasteiger charge is 2.30. The third-order valence-corrected chi connectivity index (χ3v) is 5.92. The molecule has 2 heterocycles. The number of piperazine rings is 1. The van der Waals surface area contributed by atoms with Gasteiger partial charge in [0.05, 0.1) is 5.69 Å². The summed E-state index contributed by atoms with van der Waals surface area (Å²) in [5, 5.41) is 30.1. The number of benzene rings is 1. The summed E-state index contributed by atoms with van der Waals surface area (Å²) in [7, 11) is 0. The zero-order valence-corrected chi connectivity index (χ0v) is 19.8. The maximum Gasteiger partial charge on any atom is 0.407 e. The predicted octanol–water partition coefficient (Wildman–Crippen LogP) is 1.46. The number of nitrogens with one attached hydrogen (secondary N) is 1. The number of carboxylic acids is 1. The quantitative estimate of drug-likeness (QED) is 0.383. The zero-order valence-electron chi connectivity index (χ0n) is 19.8. The predicted molar refractivity (Wildman–Crippen MR) is 129 cm³/mol. The molecule has 0 radical (unpaired) electrons. The Kier molecular flexibility index (Phi) is 9.34. The van der Waals surface area contributed by atoms with E-state index in [9.17, 15) is 24.3 Å². The Morgan fingerprint density at radius 1 is 0.972 bits per heavy atom. The molecule has 0 aliphatic carbocycles. The third-order valence-electron chi connectivity index (χ3n) is 5.92. The highest BCUT2D eigenvalue weighted by Crippen LogP contribution is 2.20. The van der Waals surface area contributed by atoms with E-state index < -0.39 is 29.9 Å². The molecule has 0 spiro atoms. The second-order valence-electron chi connectivity index (χ2n) is 8.49. The van der Waals surface area contributed by atoms with Gasteiger partial charge in [-0.25, -0.2) is 9.78 Å². The van der Waals surface area contributed by atoms with Crippen molar-refractivity contribution in [1.82, 2.24) is 20.1 Å². The smallest absolute Gasteiger partial charge is 0.407 e. The average Bonchev–Trinajstić information content (AvgIpc) is 2.89. The van der Waals surface area contributed by atoms with Crippen molar-refractivity contribution >= 4 is 23.9 Å². The van der Waals surface area contributed by atoms with Gasteiger partial charge in [0.1, 0.15) is 11.7 Å². The number of carbonyl (C=O) groups is 4. The fraction of sp³-hybridized carbons (Fsp3) is 0.400. The number of pyridine rings is 1. The van der Waals surface area contributed by atoms with E-state index in [0.717, 1.165) is 11.1 Å². The van der Waals surface area contributed by atoms with Crippen LogP contribution < -0.4 is 5.32 Å². The van der Waals surface area contributed by atoms with Crippen LogP contribution in [0.25, 0.3) is 11.3 Å². The summed E-state index contributed by atoms with van der Waals surface area (Å²) in [6, 6.07) is 11.6. The van der Waals surface area contributed by atoms with Gasteiger partial charge in [-0.05, 0) is 37.0 Å².